The van der Waals surface area contributed by atoms with E-state index in [-0.39, 0.29) is 16.5 Å². The number of sulfonamides is 1. The molecule has 0 N–H and O–H groups in total. The van der Waals surface area contributed by atoms with Crippen LogP contribution in [0.4, 0.5) is 5.69 Å². The van der Waals surface area contributed by atoms with Gasteiger partial charge in [0.2, 0.25) is 10.0 Å². The SMILES string of the molecule is COC(=O)c1ccccc1S(=O)(=O)N1CCCC1c1cccc(N(C)C)c1. The predicted octanol–water partition coefficient (Wildman–Crippen LogP) is 3.07. The molecule has 1 heterocycles. The molecule has 1 fully saturated rings. The number of methoxy groups -OCH3 is 1. The Labute approximate surface area is 160 Å². The highest BCUT2D eigenvalue weighted by atomic mass is 32.2. The summed E-state index contributed by atoms with van der Waals surface area (Å²) in [6.07, 6.45) is 1.52. The third kappa shape index (κ3) is 3.70. The van der Waals surface area contributed by atoms with Gasteiger partial charge < -0.3 is 9.64 Å². The van der Waals surface area contributed by atoms with Gasteiger partial charge in [-0.2, -0.15) is 4.31 Å². The van der Waals surface area contributed by atoms with Crippen LogP contribution in [0.5, 0.6) is 0 Å². The second-order valence-electron chi connectivity index (χ2n) is 6.75. The van der Waals surface area contributed by atoms with Crippen molar-refractivity contribution < 1.29 is 17.9 Å². The van der Waals surface area contributed by atoms with Crippen molar-refractivity contribution >= 4 is 21.7 Å². The van der Waals surface area contributed by atoms with E-state index in [1.54, 1.807) is 12.1 Å². The van der Waals surface area contributed by atoms with Gasteiger partial charge in [-0.3, -0.25) is 0 Å². The fourth-order valence-electron chi connectivity index (χ4n) is 3.47. The van der Waals surface area contributed by atoms with Gasteiger partial charge in [0, 0.05) is 26.3 Å². The molecule has 1 unspecified atom stereocenters. The minimum atomic E-state index is -3.84. The maximum atomic E-state index is 13.4. The lowest BCUT2D eigenvalue weighted by atomic mass is 10.0. The maximum Gasteiger partial charge on any atom is 0.339 e. The highest BCUT2D eigenvalue weighted by Crippen LogP contribution is 2.38. The second kappa shape index (κ2) is 7.70. The molecule has 0 aromatic heterocycles. The van der Waals surface area contributed by atoms with Crippen molar-refractivity contribution in [3.8, 4) is 0 Å². The minimum absolute atomic E-state index is 0.00693. The van der Waals surface area contributed by atoms with Crippen LogP contribution in [0.3, 0.4) is 0 Å². The van der Waals surface area contributed by atoms with Gasteiger partial charge in [0.15, 0.2) is 0 Å². The van der Waals surface area contributed by atoms with Gasteiger partial charge in [-0.15, -0.1) is 0 Å². The number of carbonyl (C=O) groups is 1. The molecule has 2 aromatic carbocycles. The Bertz CT molecular complexity index is 941. The van der Waals surface area contributed by atoms with Gasteiger partial charge in [-0.25, -0.2) is 13.2 Å². The Morgan fingerprint density at radius 1 is 1.15 bits per heavy atom. The lowest BCUT2D eigenvalue weighted by Gasteiger charge is -2.26. The summed E-state index contributed by atoms with van der Waals surface area (Å²) in [7, 11) is 1.32. The summed E-state index contributed by atoms with van der Waals surface area (Å²) in [5.41, 5.74) is 2.04. The Morgan fingerprint density at radius 3 is 2.59 bits per heavy atom. The van der Waals surface area contributed by atoms with Crippen LogP contribution < -0.4 is 4.90 Å². The first kappa shape index (κ1) is 19.4. The number of ether oxygens (including phenoxy) is 1. The minimum Gasteiger partial charge on any atom is -0.465 e. The van der Waals surface area contributed by atoms with Gasteiger partial charge in [0.25, 0.3) is 0 Å². The monoisotopic (exact) mass is 388 g/mol. The maximum absolute atomic E-state index is 13.4. The predicted molar refractivity (Wildman–Crippen MR) is 104 cm³/mol. The topological polar surface area (TPSA) is 66.9 Å². The highest BCUT2D eigenvalue weighted by molar-refractivity contribution is 7.89. The Hall–Kier alpha value is -2.38. The largest absolute Gasteiger partial charge is 0.465 e. The summed E-state index contributed by atoms with van der Waals surface area (Å²) >= 11 is 0. The first-order valence-electron chi connectivity index (χ1n) is 8.82. The number of carbonyl (C=O) groups excluding carboxylic acids is 1. The van der Waals surface area contributed by atoms with Gasteiger partial charge in [-0.05, 0) is 42.7 Å². The zero-order chi connectivity index (χ0) is 19.6. The quantitative estimate of drug-likeness (QED) is 0.737. The summed E-state index contributed by atoms with van der Waals surface area (Å²) in [5.74, 6) is -0.653. The molecule has 3 rings (SSSR count). The Kier molecular flexibility index (Phi) is 5.53. The summed E-state index contributed by atoms with van der Waals surface area (Å²) in [6, 6.07) is 13.9. The first-order valence-corrected chi connectivity index (χ1v) is 10.3. The van der Waals surface area contributed by atoms with E-state index >= 15 is 0 Å². The fourth-order valence-corrected chi connectivity index (χ4v) is 5.33. The van der Waals surface area contributed by atoms with Crippen LogP contribution in [-0.2, 0) is 14.8 Å². The van der Waals surface area contributed by atoms with E-state index in [1.807, 2.05) is 43.3 Å². The number of esters is 1. The summed E-state index contributed by atoms with van der Waals surface area (Å²) in [6.45, 7) is 0.425. The summed E-state index contributed by atoms with van der Waals surface area (Å²) in [4.78, 5) is 14.0. The van der Waals surface area contributed by atoms with Crippen molar-refractivity contribution in [3.63, 3.8) is 0 Å². The molecule has 0 bridgehead atoms. The normalized spacial score (nSPS) is 17.7. The van der Waals surface area contributed by atoms with Crippen molar-refractivity contribution in [1.82, 2.24) is 4.31 Å². The number of hydrogen-bond acceptors (Lipinski definition) is 5. The van der Waals surface area contributed by atoms with Crippen molar-refractivity contribution in [2.75, 3.05) is 32.6 Å². The van der Waals surface area contributed by atoms with Crippen molar-refractivity contribution in [2.24, 2.45) is 0 Å². The molecule has 7 heteroatoms. The molecule has 0 amide bonds. The molecular weight excluding hydrogens is 364 g/mol. The van der Waals surface area contributed by atoms with Crippen molar-refractivity contribution in [1.29, 1.82) is 0 Å². The fraction of sp³-hybridized carbons (Fsp3) is 0.350. The number of anilines is 1. The zero-order valence-electron chi connectivity index (χ0n) is 15.8. The van der Waals surface area contributed by atoms with Crippen LogP contribution in [0.2, 0.25) is 0 Å². The van der Waals surface area contributed by atoms with Crippen molar-refractivity contribution in [2.45, 2.75) is 23.8 Å². The van der Waals surface area contributed by atoms with Gasteiger partial charge in [0.05, 0.1) is 23.6 Å². The number of nitrogens with zero attached hydrogens (tertiary/aromatic N) is 2. The van der Waals surface area contributed by atoms with E-state index < -0.39 is 16.0 Å². The molecule has 0 radical (unpaired) electrons. The molecule has 1 aliphatic rings. The summed E-state index contributed by atoms with van der Waals surface area (Å²) in [5, 5.41) is 0. The van der Waals surface area contributed by atoms with Crippen LogP contribution in [0.15, 0.2) is 53.4 Å². The lowest BCUT2D eigenvalue weighted by molar-refractivity contribution is 0.0596. The van der Waals surface area contributed by atoms with E-state index in [4.69, 9.17) is 4.74 Å². The van der Waals surface area contributed by atoms with E-state index in [0.29, 0.717) is 6.54 Å². The average Bonchev–Trinajstić information content (AvgIpc) is 3.18. The van der Waals surface area contributed by atoms with Gasteiger partial charge in [-0.1, -0.05) is 24.3 Å². The van der Waals surface area contributed by atoms with Gasteiger partial charge >= 0.3 is 5.97 Å². The van der Waals surface area contributed by atoms with Crippen LogP contribution in [0.25, 0.3) is 0 Å². The average molecular weight is 388 g/mol. The summed E-state index contributed by atoms with van der Waals surface area (Å²) < 4.78 is 33.0. The van der Waals surface area contributed by atoms with Crippen LogP contribution in [0.1, 0.15) is 34.8 Å². The van der Waals surface area contributed by atoms with E-state index in [2.05, 4.69) is 0 Å². The van der Waals surface area contributed by atoms with E-state index in [0.717, 1.165) is 24.1 Å². The molecular formula is C20H24N2O4S. The van der Waals surface area contributed by atoms with E-state index in [1.165, 1.54) is 23.5 Å². The Balaban J connectivity index is 2.02. The molecule has 0 spiro atoms. The molecule has 1 aliphatic heterocycles. The number of benzene rings is 2. The molecule has 0 saturated carbocycles. The Morgan fingerprint density at radius 2 is 1.89 bits per heavy atom. The number of hydrogen-bond donors (Lipinski definition) is 0. The first-order chi connectivity index (χ1) is 12.9. The van der Waals surface area contributed by atoms with Crippen LogP contribution in [-0.4, -0.2) is 46.4 Å². The van der Waals surface area contributed by atoms with Crippen LogP contribution >= 0.6 is 0 Å². The van der Waals surface area contributed by atoms with E-state index in [9.17, 15) is 13.2 Å². The molecule has 6 nitrogen and oxygen atoms in total. The van der Waals surface area contributed by atoms with Crippen molar-refractivity contribution in [3.05, 3.63) is 59.7 Å². The molecule has 1 atom stereocenters. The smallest absolute Gasteiger partial charge is 0.339 e. The lowest BCUT2D eigenvalue weighted by Crippen LogP contribution is -2.32. The molecule has 27 heavy (non-hydrogen) atoms. The van der Waals surface area contributed by atoms with Crippen LogP contribution in [0, 0.1) is 0 Å². The number of rotatable bonds is 5. The third-order valence-electron chi connectivity index (χ3n) is 4.85. The zero-order valence-corrected chi connectivity index (χ0v) is 16.6. The molecule has 0 aliphatic carbocycles. The third-order valence-corrected chi connectivity index (χ3v) is 6.82. The highest BCUT2D eigenvalue weighted by Gasteiger charge is 2.38. The van der Waals surface area contributed by atoms with Gasteiger partial charge in [0.1, 0.15) is 0 Å². The molecule has 144 valence electrons. The molecule has 2 aromatic rings. The molecule has 1 saturated heterocycles. The standard InChI is InChI=1S/C20H24N2O4S/c1-21(2)16-9-6-8-15(14-16)18-11-7-13-22(18)27(24,25)19-12-5-4-10-17(19)20(23)26-3/h4-6,8-10,12,14,18H,7,11,13H2,1-3H3. The second-order valence-corrected chi connectivity index (χ2v) is 8.61.